The van der Waals surface area contributed by atoms with Crippen LogP contribution in [0.15, 0.2) is 42.5 Å². The maximum absolute atomic E-state index is 12.4. The first-order chi connectivity index (χ1) is 15.2. The molecule has 0 bridgehead atoms. The van der Waals surface area contributed by atoms with Crippen molar-refractivity contribution in [1.82, 2.24) is 5.32 Å². The molecule has 0 saturated carbocycles. The van der Waals surface area contributed by atoms with Gasteiger partial charge in [-0.2, -0.15) is 0 Å². The maximum atomic E-state index is 12.4. The molecule has 2 aromatic carbocycles. The van der Waals surface area contributed by atoms with E-state index in [-0.39, 0.29) is 36.7 Å². The zero-order valence-corrected chi connectivity index (χ0v) is 19.2. The van der Waals surface area contributed by atoms with Crippen LogP contribution in [0.1, 0.15) is 25.8 Å². The third-order valence-electron chi connectivity index (χ3n) is 5.17. The van der Waals surface area contributed by atoms with Crippen molar-refractivity contribution in [3.63, 3.8) is 0 Å². The Morgan fingerprint density at radius 3 is 2.59 bits per heavy atom. The lowest BCUT2D eigenvalue weighted by Crippen LogP contribution is -2.35. The summed E-state index contributed by atoms with van der Waals surface area (Å²) in [7, 11) is 0. The first-order valence-electron chi connectivity index (χ1n) is 10.6. The molecule has 2 N–H and O–H groups in total. The Balaban J connectivity index is 1.52. The minimum Gasteiger partial charge on any atom is -0.484 e. The van der Waals surface area contributed by atoms with Crippen molar-refractivity contribution in [3.05, 3.63) is 53.1 Å². The molecule has 1 aliphatic rings. The molecule has 1 saturated heterocycles. The van der Waals surface area contributed by atoms with Crippen LogP contribution in [0, 0.1) is 18.8 Å². The van der Waals surface area contributed by atoms with Crippen LogP contribution in [0.4, 0.5) is 11.4 Å². The fourth-order valence-corrected chi connectivity index (χ4v) is 3.54. The summed E-state index contributed by atoms with van der Waals surface area (Å²) in [5, 5.41) is 6.21. The van der Waals surface area contributed by atoms with E-state index in [1.54, 1.807) is 41.3 Å². The van der Waals surface area contributed by atoms with Crippen LogP contribution in [0.3, 0.4) is 0 Å². The van der Waals surface area contributed by atoms with Gasteiger partial charge in [0.15, 0.2) is 6.61 Å². The molecule has 0 unspecified atom stereocenters. The van der Waals surface area contributed by atoms with Crippen molar-refractivity contribution in [2.24, 2.45) is 11.8 Å². The van der Waals surface area contributed by atoms with Gasteiger partial charge in [-0.05, 0) is 54.8 Å². The molecular formula is C24H28ClN3O4. The van der Waals surface area contributed by atoms with Crippen molar-refractivity contribution in [2.75, 3.05) is 29.9 Å². The zero-order valence-electron chi connectivity index (χ0n) is 18.5. The number of carbonyl (C=O) groups excluding carboxylic acids is 3. The molecular weight excluding hydrogens is 430 g/mol. The SMILES string of the molecule is Cc1ccc(Cl)cc1NC(=O)COc1ccc(N2C[C@@H](C(=O)NCC(C)C)CC2=O)cc1. The van der Waals surface area contributed by atoms with Gasteiger partial charge in [-0.25, -0.2) is 0 Å². The fourth-order valence-electron chi connectivity index (χ4n) is 3.37. The van der Waals surface area contributed by atoms with Crippen LogP contribution >= 0.6 is 11.6 Å². The molecule has 0 radical (unpaired) electrons. The van der Waals surface area contributed by atoms with Crippen LogP contribution in [-0.2, 0) is 14.4 Å². The monoisotopic (exact) mass is 457 g/mol. The van der Waals surface area contributed by atoms with Crippen molar-refractivity contribution in [1.29, 1.82) is 0 Å². The number of aryl methyl sites for hydroxylation is 1. The molecule has 3 rings (SSSR count). The molecule has 7 nitrogen and oxygen atoms in total. The van der Waals surface area contributed by atoms with Gasteiger partial charge in [0.25, 0.3) is 5.91 Å². The standard InChI is InChI=1S/C24H28ClN3O4/c1-15(2)12-26-24(31)17-10-23(30)28(13-17)19-6-8-20(9-7-19)32-14-22(29)27-21-11-18(25)5-4-16(21)3/h4-9,11,15,17H,10,12-14H2,1-3H3,(H,26,31)(H,27,29)/t17-/m0/s1. The quantitative estimate of drug-likeness (QED) is 0.631. The van der Waals surface area contributed by atoms with Gasteiger partial charge < -0.3 is 20.3 Å². The van der Waals surface area contributed by atoms with E-state index < -0.39 is 0 Å². The lowest BCUT2D eigenvalue weighted by molar-refractivity contribution is -0.126. The number of anilines is 2. The third kappa shape index (κ3) is 6.23. The van der Waals surface area contributed by atoms with Crippen LogP contribution < -0.4 is 20.3 Å². The van der Waals surface area contributed by atoms with Crippen molar-refractivity contribution in [3.8, 4) is 5.75 Å². The van der Waals surface area contributed by atoms with Crippen LogP contribution in [0.5, 0.6) is 5.75 Å². The van der Waals surface area contributed by atoms with E-state index in [1.807, 2.05) is 26.8 Å². The Kier molecular flexibility index (Phi) is 7.75. The zero-order chi connectivity index (χ0) is 23.3. The summed E-state index contributed by atoms with van der Waals surface area (Å²) < 4.78 is 5.56. The summed E-state index contributed by atoms with van der Waals surface area (Å²) >= 11 is 5.97. The molecule has 1 aliphatic heterocycles. The highest BCUT2D eigenvalue weighted by Crippen LogP contribution is 2.27. The first-order valence-corrected chi connectivity index (χ1v) is 11.0. The summed E-state index contributed by atoms with van der Waals surface area (Å²) in [5.74, 6) is 0.0382. The number of amides is 3. The van der Waals surface area contributed by atoms with Gasteiger partial charge in [0.2, 0.25) is 11.8 Å². The normalized spacial score (nSPS) is 15.7. The number of halogens is 1. The van der Waals surface area contributed by atoms with Crippen molar-refractivity contribution >= 4 is 40.7 Å². The van der Waals surface area contributed by atoms with E-state index >= 15 is 0 Å². The third-order valence-corrected chi connectivity index (χ3v) is 5.41. The van der Waals surface area contributed by atoms with E-state index in [2.05, 4.69) is 10.6 Å². The Hall–Kier alpha value is -3.06. The summed E-state index contributed by atoms with van der Waals surface area (Å²) in [6, 6.07) is 12.2. The fraction of sp³-hybridized carbons (Fsp3) is 0.375. The highest BCUT2D eigenvalue weighted by molar-refractivity contribution is 6.31. The van der Waals surface area contributed by atoms with Crippen LogP contribution in [0.25, 0.3) is 0 Å². The van der Waals surface area contributed by atoms with E-state index in [9.17, 15) is 14.4 Å². The molecule has 3 amide bonds. The molecule has 32 heavy (non-hydrogen) atoms. The minimum absolute atomic E-state index is 0.0837. The predicted molar refractivity (Wildman–Crippen MR) is 125 cm³/mol. The molecule has 0 aromatic heterocycles. The molecule has 8 heteroatoms. The highest BCUT2D eigenvalue weighted by Gasteiger charge is 2.35. The molecule has 170 valence electrons. The molecule has 1 fully saturated rings. The Morgan fingerprint density at radius 2 is 1.91 bits per heavy atom. The summed E-state index contributed by atoms with van der Waals surface area (Å²) in [6.07, 6.45) is 0.200. The minimum atomic E-state index is -0.351. The Bertz CT molecular complexity index is 991. The average Bonchev–Trinajstić information content (AvgIpc) is 3.15. The number of rotatable bonds is 8. The number of hydrogen-bond acceptors (Lipinski definition) is 4. The second-order valence-electron chi connectivity index (χ2n) is 8.33. The number of nitrogens with one attached hydrogen (secondary N) is 2. The molecule has 0 aliphatic carbocycles. The number of nitrogens with zero attached hydrogens (tertiary/aromatic N) is 1. The smallest absolute Gasteiger partial charge is 0.262 e. The summed E-state index contributed by atoms with van der Waals surface area (Å²) in [5.41, 5.74) is 2.24. The van der Waals surface area contributed by atoms with Gasteiger partial charge in [-0.15, -0.1) is 0 Å². The van der Waals surface area contributed by atoms with Gasteiger partial charge in [-0.3, -0.25) is 14.4 Å². The Labute approximate surface area is 193 Å². The topological polar surface area (TPSA) is 87.7 Å². The van der Waals surface area contributed by atoms with Gasteiger partial charge in [0, 0.05) is 35.9 Å². The van der Waals surface area contributed by atoms with Crippen molar-refractivity contribution < 1.29 is 19.1 Å². The summed E-state index contributed by atoms with van der Waals surface area (Å²) in [4.78, 5) is 38.5. The van der Waals surface area contributed by atoms with E-state index in [0.717, 1.165) is 5.56 Å². The largest absolute Gasteiger partial charge is 0.484 e. The number of hydrogen-bond donors (Lipinski definition) is 2. The lowest BCUT2D eigenvalue weighted by atomic mass is 10.1. The van der Waals surface area contributed by atoms with Crippen LogP contribution in [-0.4, -0.2) is 37.4 Å². The van der Waals surface area contributed by atoms with Gasteiger partial charge in [-0.1, -0.05) is 31.5 Å². The van der Waals surface area contributed by atoms with Gasteiger partial charge >= 0.3 is 0 Å². The number of carbonyl (C=O) groups is 3. The molecule has 1 heterocycles. The second-order valence-corrected chi connectivity index (χ2v) is 8.77. The van der Waals surface area contributed by atoms with E-state index in [1.165, 1.54) is 0 Å². The van der Waals surface area contributed by atoms with Gasteiger partial charge in [0.1, 0.15) is 5.75 Å². The number of benzene rings is 2. The molecule has 2 aromatic rings. The molecule has 0 spiro atoms. The predicted octanol–water partition coefficient (Wildman–Crippen LogP) is 3.79. The van der Waals surface area contributed by atoms with E-state index in [0.29, 0.717) is 41.2 Å². The van der Waals surface area contributed by atoms with Crippen LogP contribution in [0.2, 0.25) is 5.02 Å². The molecule has 1 atom stereocenters. The van der Waals surface area contributed by atoms with Crippen molar-refractivity contribution in [2.45, 2.75) is 27.2 Å². The second kappa shape index (κ2) is 10.5. The maximum Gasteiger partial charge on any atom is 0.262 e. The van der Waals surface area contributed by atoms with E-state index in [4.69, 9.17) is 16.3 Å². The highest BCUT2D eigenvalue weighted by atomic mass is 35.5. The first kappa shape index (κ1) is 23.6. The Morgan fingerprint density at radius 1 is 1.19 bits per heavy atom. The summed E-state index contributed by atoms with van der Waals surface area (Å²) in [6.45, 7) is 6.72. The van der Waals surface area contributed by atoms with Gasteiger partial charge in [0.05, 0.1) is 5.92 Å². The lowest BCUT2D eigenvalue weighted by Gasteiger charge is -2.17. The average molecular weight is 458 g/mol. The number of ether oxygens (including phenoxy) is 1.